The van der Waals surface area contributed by atoms with Gasteiger partial charge < -0.3 is 19.5 Å². The van der Waals surface area contributed by atoms with E-state index < -0.39 is 12.1 Å². The van der Waals surface area contributed by atoms with Gasteiger partial charge in [0.1, 0.15) is 17.7 Å². The van der Waals surface area contributed by atoms with Gasteiger partial charge in [-0.05, 0) is 24.3 Å². The zero-order valence-electron chi connectivity index (χ0n) is 14.5. The molecule has 2 fully saturated rings. The van der Waals surface area contributed by atoms with Crippen LogP contribution in [-0.4, -0.2) is 53.4 Å². The quantitative estimate of drug-likeness (QED) is 0.830. The minimum Gasteiger partial charge on any atom is -0.490 e. The number of aromatic nitrogens is 1. The van der Waals surface area contributed by atoms with Crippen molar-refractivity contribution in [3.8, 4) is 17.0 Å². The lowest BCUT2D eigenvalue weighted by Crippen LogP contribution is -2.31. The van der Waals surface area contributed by atoms with Crippen molar-refractivity contribution in [2.75, 3.05) is 20.2 Å². The molecular weight excluding hydrogens is 355 g/mol. The van der Waals surface area contributed by atoms with Crippen molar-refractivity contribution in [1.82, 2.24) is 9.88 Å². The number of carbonyl (C=O) groups is 2. The van der Waals surface area contributed by atoms with Gasteiger partial charge in [0.25, 0.3) is 0 Å². The SMILES string of the molecule is COC(=O)c1cc(OC2C3CN(C(=O)O)C[C@H]32)cc(-c2ccc(F)cc2)n1. The molecular formula is C19H17FN2O5. The summed E-state index contributed by atoms with van der Waals surface area (Å²) in [7, 11) is 1.26. The lowest BCUT2D eigenvalue weighted by atomic mass is 10.1. The van der Waals surface area contributed by atoms with Crippen molar-refractivity contribution in [1.29, 1.82) is 0 Å². The number of methoxy groups -OCH3 is 1. The molecule has 3 atom stereocenters. The second-order valence-corrected chi connectivity index (χ2v) is 6.67. The summed E-state index contributed by atoms with van der Waals surface area (Å²) in [4.78, 5) is 28.6. The van der Waals surface area contributed by atoms with Gasteiger partial charge in [-0.3, -0.25) is 0 Å². The Bertz CT molecular complexity index is 889. The second kappa shape index (κ2) is 6.53. The number of pyridine rings is 1. The van der Waals surface area contributed by atoms with Gasteiger partial charge in [0.05, 0.1) is 12.8 Å². The smallest absolute Gasteiger partial charge is 0.407 e. The monoisotopic (exact) mass is 372 g/mol. The zero-order chi connectivity index (χ0) is 19.1. The molecule has 1 aliphatic carbocycles. The fourth-order valence-electron chi connectivity index (χ4n) is 3.51. The second-order valence-electron chi connectivity index (χ2n) is 6.67. The average Bonchev–Trinajstić information content (AvgIpc) is 3.10. The first-order chi connectivity index (χ1) is 13.0. The number of likely N-dealkylation sites (tertiary alicyclic amines) is 1. The molecule has 0 bridgehead atoms. The maximum atomic E-state index is 13.2. The van der Waals surface area contributed by atoms with Crippen LogP contribution in [0.15, 0.2) is 36.4 Å². The Morgan fingerprint density at radius 3 is 2.44 bits per heavy atom. The van der Waals surface area contributed by atoms with Crippen LogP contribution in [0.4, 0.5) is 9.18 Å². The van der Waals surface area contributed by atoms with Crippen LogP contribution in [-0.2, 0) is 4.74 Å². The minimum absolute atomic E-state index is 0.0884. The number of ether oxygens (including phenoxy) is 2. The highest BCUT2D eigenvalue weighted by atomic mass is 19.1. The van der Waals surface area contributed by atoms with Gasteiger partial charge in [-0.25, -0.2) is 19.0 Å². The molecule has 2 aromatic rings. The molecule has 7 nitrogen and oxygen atoms in total. The molecule has 2 heterocycles. The number of nitrogens with zero attached hydrogens (tertiary/aromatic N) is 2. The Balaban J connectivity index is 1.57. The molecule has 8 heteroatoms. The molecule has 1 amide bonds. The van der Waals surface area contributed by atoms with Gasteiger partial charge in [0.15, 0.2) is 5.69 Å². The summed E-state index contributed by atoms with van der Waals surface area (Å²) in [6, 6.07) is 8.95. The number of esters is 1. The Kier molecular flexibility index (Phi) is 4.18. The van der Waals surface area contributed by atoms with Crippen molar-refractivity contribution < 1.29 is 28.6 Å². The van der Waals surface area contributed by atoms with Gasteiger partial charge in [0.2, 0.25) is 0 Å². The normalized spacial score (nSPS) is 22.9. The molecule has 1 saturated heterocycles. The molecule has 4 rings (SSSR count). The van der Waals surface area contributed by atoms with E-state index in [2.05, 4.69) is 4.98 Å². The first kappa shape index (κ1) is 17.3. The highest BCUT2D eigenvalue weighted by molar-refractivity contribution is 5.88. The molecule has 1 N–H and O–H groups in total. The fourth-order valence-corrected chi connectivity index (χ4v) is 3.51. The van der Waals surface area contributed by atoms with Crippen LogP contribution in [0.25, 0.3) is 11.3 Å². The largest absolute Gasteiger partial charge is 0.490 e. The summed E-state index contributed by atoms with van der Waals surface area (Å²) >= 11 is 0. The average molecular weight is 372 g/mol. The lowest BCUT2D eigenvalue weighted by Gasteiger charge is -2.17. The molecule has 140 valence electrons. The molecule has 0 radical (unpaired) electrons. The summed E-state index contributed by atoms with van der Waals surface area (Å²) < 4.78 is 23.9. The van der Waals surface area contributed by atoms with E-state index in [1.54, 1.807) is 18.2 Å². The maximum Gasteiger partial charge on any atom is 0.407 e. The number of rotatable bonds is 4. The fraction of sp³-hybridized carbons (Fsp3) is 0.316. The summed E-state index contributed by atoms with van der Waals surface area (Å²) in [6.07, 6.45) is -1.01. The number of fused-ring (bicyclic) bond motifs is 1. The Hall–Kier alpha value is -3.16. The summed E-state index contributed by atoms with van der Waals surface area (Å²) in [6.45, 7) is 0.898. The van der Waals surface area contributed by atoms with E-state index in [1.807, 2.05) is 0 Å². The van der Waals surface area contributed by atoms with E-state index in [0.29, 0.717) is 30.1 Å². The van der Waals surface area contributed by atoms with Crippen LogP contribution in [0.5, 0.6) is 5.75 Å². The summed E-state index contributed by atoms with van der Waals surface area (Å²) in [5, 5.41) is 9.03. The topological polar surface area (TPSA) is 89.0 Å². The summed E-state index contributed by atoms with van der Waals surface area (Å²) in [5.74, 6) is -0.203. The molecule has 1 aliphatic heterocycles. The third-order valence-electron chi connectivity index (χ3n) is 4.99. The number of piperidine rings is 1. The van der Waals surface area contributed by atoms with Crippen LogP contribution in [0.1, 0.15) is 10.5 Å². The van der Waals surface area contributed by atoms with Crippen LogP contribution in [0.2, 0.25) is 0 Å². The predicted molar refractivity (Wildman–Crippen MR) is 92.0 cm³/mol. The number of hydrogen-bond donors (Lipinski definition) is 1. The minimum atomic E-state index is -0.920. The summed E-state index contributed by atoms with van der Waals surface area (Å²) in [5.41, 5.74) is 1.19. The van der Waals surface area contributed by atoms with E-state index in [-0.39, 0.29) is 29.5 Å². The van der Waals surface area contributed by atoms with E-state index in [9.17, 15) is 14.0 Å². The van der Waals surface area contributed by atoms with Crippen LogP contribution >= 0.6 is 0 Å². The van der Waals surface area contributed by atoms with Crippen LogP contribution in [0.3, 0.4) is 0 Å². The molecule has 1 aromatic heterocycles. The highest BCUT2D eigenvalue weighted by Gasteiger charge is 2.59. The third-order valence-corrected chi connectivity index (χ3v) is 4.99. The van der Waals surface area contributed by atoms with Gasteiger partial charge in [-0.15, -0.1) is 0 Å². The molecule has 1 aromatic carbocycles. The molecule has 27 heavy (non-hydrogen) atoms. The number of carboxylic acid groups (broad SMARTS) is 1. The van der Waals surface area contributed by atoms with Crippen LogP contribution < -0.4 is 4.74 Å². The van der Waals surface area contributed by atoms with Gasteiger partial charge in [-0.1, -0.05) is 0 Å². The zero-order valence-corrected chi connectivity index (χ0v) is 14.5. The van der Waals surface area contributed by atoms with Crippen molar-refractivity contribution in [3.05, 3.63) is 47.9 Å². The van der Waals surface area contributed by atoms with Crippen molar-refractivity contribution in [2.24, 2.45) is 11.8 Å². The van der Waals surface area contributed by atoms with Gasteiger partial charge >= 0.3 is 12.1 Å². The Labute approximate surface area is 154 Å². The standard InChI is InChI=1S/C19H17FN2O5/c1-26-18(23)16-7-12(6-15(21-16)10-2-4-11(20)5-3-10)27-17-13-8-22(19(24)25)9-14(13)17/h2-7,13-14,17H,8-9H2,1H3,(H,24,25)/t13-,14?,17?/m1/s1. The number of benzene rings is 1. The molecule has 0 spiro atoms. The van der Waals surface area contributed by atoms with Crippen LogP contribution in [0, 0.1) is 17.7 Å². The van der Waals surface area contributed by atoms with E-state index in [4.69, 9.17) is 14.6 Å². The molecule has 1 saturated carbocycles. The number of hydrogen-bond acceptors (Lipinski definition) is 5. The van der Waals surface area contributed by atoms with E-state index in [0.717, 1.165) is 0 Å². The number of carbonyl (C=O) groups excluding carboxylic acids is 1. The first-order valence-electron chi connectivity index (χ1n) is 8.47. The van der Waals surface area contributed by atoms with E-state index >= 15 is 0 Å². The predicted octanol–water partition coefficient (Wildman–Crippen LogP) is 2.66. The lowest BCUT2D eigenvalue weighted by molar-refractivity contribution is 0.0593. The van der Waals surface area contributed by atoms with Crippen molar-refractivity contribution >= 4 is 12.1 Å². The van der Waals surface area contributed by atoms with Gasteiger partial charge in [0, 0.05) is 42.6 Å². The van der Waals surface area contributed by atoms with Gasteiger partial charge in [-0.2, -0.15) is 0 Å². The van der Waals surface area contributed by atoms with E-state index in [1.165, 1.54) is 30.2 Å². The molecule has 2 unspecified atom stereocenters. The number of amides is 1. The first-order valence-corrected chi connectivity index (χ1v) is 8.47. The maximum absolute atomic E-state index is 13.2. The Morgan fingerprint density at radius 2 is 1.85 bits per heavy atom. The molecule has 2 aliphatic rings. The number of halogens is 1. The van der Waals surface area contributed by atoms with Crippen molar-refractivity contribution in [2.45, 2.75) is 6.10 Å². The van der Waals surface area contributed by atoms with Crippen molar-refractivity contribution in [3.63, 3.8) is 0 Å². The third kappa shape index (κ3) is 3.30. The highest BCUT2D eigenvalue weighted by Crippen LogP contribution is 2.48. The Morgan fingerprint density at radius 1 is 1.19 bits per heavy atom.